The van der Waals surface area contributed by atoms with Crippen LogP contribution in [0.3, 0.4) is 0 Å². The molecule has 0 spiro atoms. The van der Waals surface area contributed by atoms with Crippen LogP contribution >= 0.6 is 0 Å². The number of rotatable bonds is 5. The molecule has 1 amide bonds. The van der Waals surface area contributed by atoms with Crippen molar-refractivity contribution in [2.75, 3.05) is 6.61 Å². The van der Waals surface area contributed by atoms with E-state index in [2.05, 4.69) is 14.9 Å². The molecule has 2 atom stereocenters. The van der Waals surface area contributed by atoms with Crippen LogP contribution in [0.5, 0.6) is 0 Å². The van der Waals surface area contributed by atoms with Gasteiger partial charge in [-0.05, 0) is 26.7 Å². The highest BCUT2D eigenvalue weighted by Gasteiger charge is 2.24. The minimum atomic E-state index is -0.323. The summed E-state index contributed by atoms with van der Waals surface area (Å²) < 4.78 is 7.58. The lowest BCUT2D eigenvalue weighted by molar-refractivity contribution is -0.133. The zero-order valence-corrected chi connectivity index (χ0v) is 12.0. The highest BCUT2D eigenvalue weighted by Crippen LogP contribution is 2.15. The van der Waals surface area contributed by atoms with E-state index in [-0.39, 0.29) is 18.1 Å². The number of amides is 1. The molecule has 1 aromatic rings. The van der Waals surface area contributed by atoms with Gasteiger partial charge in [-0.3, -0.25) is 4.79 Å². The first-order valence-electron chi connectivity index (χ1n) is 7.08. The van der Waals surface area contributed by atoms with Crippen LogP contribution in [0.1, 0.15) is 38.2 Å². The lowest BCUT2D eigenvalue weighted by atomic mass is 10.1. The summed E-state index contributed by atoms with van der Waals surface area (Å²) in [5.74, 6) is 1.13. The minimum absolute atomic E-state index is 0.00892. The maximum absolute atomic E-state index is 12.1. The molecule has 0 fully saturated rings. The van der Waals surface area contributed by atoms with Crippen LogP contribution in [0, 0.1) is 6.92 Å². The van der Waals surface area contributed by atoms with Crippen LogP contribution in [-0.4, -0.2) is 34.2 Å². The summed E-state index contributed by atoms with van der Waals surface area (Å²) in [5, 5.41) is 3.09. The van der Waals surface area contributed by atoms with Gasteiger partial charge >= 0.3 is 0 Å². The number of hydrogen-bond acceptors (Lipinski definition) is 3. The first-order chi connectivity index (χ1) is 9.13. The Hall–Kier alpha value is -1.36. The number of ether oxygens (including phenoxy) is 1. The van der Waals surface area contributed by atoms with Gasteiger partial charge in [0, 0.05) is 31.8 Å². The van der Waals surface area contributed by atoms with Crippen molar-refractivity contribution in [3.05, 3.63) is 17.7 Å². The largest absolute Gasteiger partial charge is 0.369 e. The van der Waals surface area contributed by atoms with Crippen LogP contribution in [0.2, 0.25) is 0 Å². The average molecular weight is 265 g/mol. The van der Waals surface area contributed by atoms with E-state index >= 15 is 0 Å². The highest BCUT2D eigenvalue weighted by atomic mass is 16.5. The molecular weight excluding hydrogens is 242 g/mol. The molecule has 106 valence electrons. The molecule has 0 aliphatic carbocycles. The van der Waals surface area contributed by atoms with Gasteiger partial charge in [0.2, 0.25) is 5.91 Å². The van der Waals surface area contributed by atoms with Crippen LogP contribution in [-0.2, 0) is 22.5 Å². The van der Waals surface area contributed by atoms with Gasteiger partial charge in [-0.1, -0.05) is 6.92 Å². The number of imidazole rings is 1. The summed E-state index contributed by atoms with van der Waals surface area (Å²) >= 11 is 0. The second-order valence-corrected chi connectivity index (χ2v) is 5.05. The third kappa shape index (κ3) is 3.35. The van der Waals surface area contributed by atoms with E-state index in [9.17, 15) is 4.79 Å². The van der Waals surface area contributed by atoms with Crippen LogP contribution in [0.15, 0.2) is 6.20 Å². The maximum atomic E-state index is 12.1. The molecule has 0 bridgehead atoms. The Balaban J connectivity index is 1.92. The Kier molecular flexibility index (Phi) is 4.58. The van der Waals surface area contributed by atoms with Crippen molar-refractivity contribution < 1.29 is 9.53 Å². The molecule has 1 aromatic heterocycles. The number of aromatic nitrogens is 2. The molecule has 5 heteroatoms. The number of carbonyl (C=O) groups is 1. The van der Waals surface area contributed by atoms with E-state index < -0.39 is 0 Å². The van der Waals surface area contributed by atoms with Crippen molar-refractivity contribution >= 4 is 5.91 Å². The molecule has 0 saturated carbocycles. The molecule has 2 heterocycles. The monoisotopic (exact) mass is 265 g/mol. The predicted molar refractivity (Wildman–Crippen MR) is 72.9 cm³/mol. The Bertz CT molecular complexity index is 442. The smallest absolute Gasteiger partial charge is 0.249 e. The quantitative estimate of drug-likeness (QED) is 0.876. The molecule has 5 nitrogen and oxygen atoms in total. The average Bonchev–Trinajstić information content (AvgIpc) is 2.75. The molecule has 0 aromatic carbocycles. The first-order valence-corrected chi connectivity index (χ1v) is 7.08. The zero-order valence-electron chi connectivity index (χ0n) is 12.0. The second kappa shape index (κ2) is 6.19. The van der Waals surface area contributed by atoms with Crippen molar-refractivity contribution in [1.29, 1.82) is 0 Å². The number of nitrogens with one attached hydrogen (secondary N) is 1. The molecule has 1 aliphatic rings. The Morgan fingerprint density at radius 1 is 1.63 bits per heavy atom. The molecule has 0 saturated heterocycles. The van der Waals surface area contributed by atoms with E-state index in [0.717, 1.165) is 30.9 Å². The summed E-state index contributed by atoms with van der Waals surface area (Å²) in [6.45, 7) is 7.27. The SMILES string of the molecule is CCO[C@H](CC)C(=O)N[C@@H]1CCc2nc(C)cn2C1. The summed E-state index contributed by atoms with van der Waals surface area (Å²) in [5.41, 5.74) is 1.04. The van der Waals surface area contributed by atoms with Crippen molar-refractivity contribution in [2.24, 2.45) is 0 Å². The number of carbonyl (C=O) groups excluding carboxylic acids is 1. The van der Waals surface area contributed by atoms with Gasteiger partial charge in [-0.2, -0.15) is 0 Å². The van der Waals surface area contributed by atoms with Crippen molar-refractivity contribution in [2.45, 2.75) is 58.7 Å². The summed E-state index contributed by atoms with van der Waals surface area (Å²) in [6, 6.07) is 0.183. The molecule has 0 radical (unpaired) electrons. The van der Waals surface area contributed by atoms with Gasteiger partial charge in [0.05, 0.1) is 5.69 Å². The minimum Gasteiger partial charge on any atom is -0.369 e. The second-order valence-electron chi connectivity index (χ2n) is 5.05. The van der Waals surface area contributed by atoms with E-state index in [1.54, 1.807) is 0 Å². The topological polar surface area (TPSA) is 56.1 Å². The predicted octanol–water partition coefficient (Wildman–Crippen LogP) is 1.44. The molecule has 19 heavy (non-hydrogen) atoms. The van der Waals surface area contributed by atoms with Crippen molar-refractivity contribution in [3.8, 4) is 0 Å². The lowest BCUT2D eigenvalue weighted by Gasteiger charge is -2.26. The van der Waals surface area contributed by atoms with Gasteiger partial charge in [0.25, 0.3) is 0 Å². The normalized spacial score (nSPS) is 19.8. The fraction of sp³-hybridized carbons (Fsp3) is 0.714. The molecule has 1 aliphatic heterocycles. The summed E-state index contributed by atoms with van der Waals surface area (Å²) in [6.07, 6.45) is 4.31. The van der Waals surface area contributed by atoms with Gasteiger partial charge in [0.1, 0.15) is 11.9 Å². The molecule has 0 unspecified atom stereocenters. The summed E-state index contributed by atoms with van der Waals surface area (Å²) in [4.78, 5) is 16.6. The van der Waals surface area contributed by atoms with Gasteiger partial charge in [-0.25, -0.2) is 4.98 Å². The third-order valence-corrected chi connectivity index (χ3v) is 3.49. The van der Waals surface area contributed by atoms with E-state index in [1.807, 2.05) is 27.0 Å². The standard InChI is InChI=1S/C14H23N3O2/c1-4-12(19-5-2)14(18)16-11-6-7-13-15-10(3)8-17(13)9-11/h8,11-12H,4-7,9H2,1-3H3,(H,16,18)/t11-,12-/m1/s1. The van der Waals surface area contributed by atoms with Crippen LogP contribution < -0.4 is 5.32 Å². The van der Waals surface area contributed by atoms with Crippen LogP contribution in [0.4, 0.5) is 0 Å². The number of hydrogen-bond donors (Lipinski definition) is 1. The Morgan fingerprint density at radius 2 is 2.42 bits per heavy atom. The number of fused-ring (bicyclic) bond motifs is 1. The van der Waals surface area contributed by atoms with Gasteiger partial charge in [0.15, 0.2) is 0 Å². The van der Waals surface area contributed by atoms with E-state index in [0.29, 0.717) is 13.0 Å². The molecule has 1 N–H and O–H groups in total. The fourth-order valence-corrected chi connectivity index (χ4v) is 2.58. The van der Waals surface area contributed by atoms with Gasteiger partial charge < -0.3 is 14.6 Å². The zero-order chi connectivity index (χ0) is 13.8. The lowest BCUT2D eigenvalue weighted by Crippen LogP contribution is -2.45. The van der Waals surface area contributed by atoms with E-state index in [1.165, 1.54) is 0 Å². The van der Waals surface area contributed by atoms with Gasteiger partial charge in [-0.15, -0.1) is 0 Å². The number of nitrogens with zero attached hydrogens (tertiary/aromatic N) is 2. The fourth-order valence-electron chi connectivity index (χ4n) is 2.58. The maximum Gasteiger partial charge on any atom is 0.249 e. The highest BCUT2D eigenvalue weighted by molar-refractivity contribution is 5.81. The number of aryl methyl sites for hydroxylation is 2. The summed E-state index contributed by atoms with van der Waals surface area (Å²) in [7, 11) is 0. The van der Waals surface area contributed by atoms with Crippen molar-refractivity contribution in [1.82, 2.24) is 14.9 Å². The Labute approximate surface area is 114 Å². The van der Waals surface area contributed by atoms with Crippen LogP contribution in [0.25, 0.3) is 0 Å². The van der Waals surface area contributed by atoms with E-state index in [4.69, 9.17) is 4.74 Å². The Morgan fingerprint density at radius 3 is 3.11 bits per heavy atom. The molecule has 2 rings (SSSR count). The van der Waals surface area contributed by atoms with Crippen molar-refractivity contribution in [3.63, 3.8) is 0 Å². The third-order valence-electron chi connectivity index (χ3n) is 3.49. The first kappa shape index (κ1) is 14.1. The molecular formula is C14H23N3O2.